The average Bonchev–Trinajstić information content (AvgIpc) is 2.37. The highest BCUT2D eigenvalue weighted by molar-refractivity contribution is 5.92. The third-order valence-corrected chi connectivity index (χ3v) is 2.16. The fourth-order valence-electron chi connectivity index (χ4n) is 1.38. The zero-order valence-electron chi connectivity index (χ0n) is 10.4. The first-order chi connectivity index (χ1) is 9.11. The summed E-state index contributed by atoms with van der Waals surface area (Å²) in [6.07, 6.45) is 4.19. The van der Waals surface area contributed by atoms with E-state index in [2.05, 4.69) is 17.2 Å². The van der Waals surface area contributed by atoms with Crippen LogP contribution in [0.1, 0.15) is 5.56 Å². The van der Waals surface area contributed by atoms with Gasteiger partial charge in [-0.2, -0.15) is 0 Å². The highest BCUT2D eigenvalue weighted by Crippen LogP contribution is 2.11. The Balaban J connectivity index is 2.59. The molecule has 19 heavy (non-hydrogen) atoms. The molecule has 0 heterocycles. The number of aliphatic carboxylic acids is 1. The second-order valence-electron chi connectivity index (χ2n) is 3.76. The van der Waals surface area contributed by atoms with Gasteiger partial charge < -0.3 is 15.7 Å². The third kappa shape index (κ3) is 6.18. The molecule has 1 rings (SSSR count). The normalized spacial score (nSPS) is 10.3. The summed E-state index contributed by atoms with van der Waals surface area (Å²) in [5.41, 5.74) is 1.33. The second kappa shape index (κ2) is 7.84. The Bertz CT molecular complexity index is 495. The molecule has 0 radical (unpaired) electrons. The minimum Gasteiger partial charge on any atom is -0.478 e. The van der Waals surface area contributed by atoms with Crippen LogP contribution in [0.4, 0.5) is 5.69 Å². The summed E-state index contributed by atoms with van der Waals surface area (Å²) in [7, 11) is 0. The maximum atomic E-state index is 11.5. The molecule has 0 spiro atoms. The maximum Gasteiger partial charge on any atom is 0.328 e. The van der Waals surface area contributed by atoms with Crippen molar-refractivity contribution in [2.75, 3.05) is 18.4 Å². The standard InChI is InChI=1S/C14H16N2O3/c1-2-8-15-10-13(17)16-12-5-3-4-11(9-12)6-7-14(18)19/h2-7,9,15H,1,8,10H2,(H,16,17)(H,18,19)/b7-6+. The first-order valence-corrected chi connectivity index (χ1v) is 5.74. The third-order valence-electron chi connectivity index (χ3n) is 2.16. The van der Waals surface area contributed by atoms with E-state index in [9.17, 15) is 9.59 Å². The van der Waals surface area contributed by atoms with E-state index in [1.54, 1.807) is 30.3 Å². The number of carboxylic acid groups (broad SMARTS) is 1. The van der Waals surface area contributed by atoms with Crippen molar-refractivity contribution < 1.29 is 14.7 Å². The first-order valence-electron chi connectivity index (χ1n) is 5.74. The smallest absolute Gasteiger partial charge is 0.328 e. The Morgan fingerprint density at radius 1 is 1.37 bits per heavy atom. The van der Waals surface area contributed by atoms with Crippen LogP contribution in [0.5, 0.6) is 0 Å². The van der Waals surface area contributed by atoms with Gasteiger partial charge in [0.25, 0.3) is 0 Å². The van der Waals surface area contributed by atoms with Crippen molar-refractivity contribution in [2.45, 2.75) is 0 Å². The van der Waals surface area contributed by atoms with Crippen molar-refractivity contribution >= 4 is 23.6 Å². The van der Waals surface area contributed by atoms with Crippen molar-refractivity contribution in [1.82, 2.24) is 5.32 Å². The van der Waals surface area contributed by atoms with Gasteiger partial charge in [0.05, 0.1) is 6.54 Å². The molecule has 0 saturated carbocycles. The van der Waals surface area contributed by atoms with Crippen molar-refractivity contribution in [3.8, 4) is 0 Å². The Morgan fingerprint density at radius 2 is 2.16 bits per heavy atom. The van der Waals surface area contributed by atoms with Gasteiger partial charge in [0.1, 0.15) is 0 Å². The van der Waals surface area contributed by atoms with Crippen LogP contribution in [0.3, 0.4) is 0 Å². The molecule has 0 atom stereocenters. The molecule has 0 fully saturated rings. The minimum absolute atomic E-state index is 0.166. The van der Waals surface area contributed by atoms with Crippen LogP contribution < -0.4 is 10.6 Å². The fraction of sp³-hybridized carbons (Fsp3) is 0.143. The van der Waals surface area contributed by atoms with Gasteiger partial charge in [0.2, 0.25) is 5.91 Å². The summed E-state index contributed by atoms with van der Waals surface area (Å²) < 4.78 is 0. The van der Waals surface area contributed by atoms with E-state index < -0.39 is 5.97 Å². The van der Waals surface area contributed by atoms with Crippen LogP contribution in [0.25, 0.3) is 6.08 Å². The van der Waals surface area contributed by atoms with Crippen molar-refractivity contribution in [3.05, 3.63) is 48.6 Å². The molecule has 0 aliphatic rings. The molecular formula is C14H16N2O3. The molecule has 0 unspecified atom stereocenters. The molecule has 0 aliphatic carbocycles. The summed E-state index contributed by atoms with van der Waals surface area (Å²) in [6, 6.07) is 6.94. The largest absolute Gasteiger partial charge is 0.478 e. The quantitative estimate of drug-likeness (QED) is 0.394. The van der Waals surface area contributed by atoms with Gasteiger partial charge in [-0.3, -0.25) is 4.79 Å². The minimum atomic E-state index is -1.01. The van der Waals surface area contributed by atoms with Crippen LogP contribution in [0.15, 0.2) is 43.0 Å². The molecule has 5 nitrogen and oxygen atoms in total. The molecular weight excluding hydrogens is 244 g/mol. The van der Waals surface area contributed by atoms with Crippen molar-refractivity contribution in [1.29, 1.82) is 0 Å². The number of benzene rings is 1. The fourth-order valence-corrected chi connectivity index (χ4v) is 1.38. The number of hydrogen-bond acceptors (Lipinski definition) is 3. The van der Waals surface area contributed by atoms with Crippen LogP contribution in [0.2, 0.25) is 0 Å². The van der Waals surface area contributed by atoms with Gasteiger partial charge in [0.15, 0.2) is 0 Å². The molecule has 1 aromatic carbocycles. The van der Waals surface area contributed by atoms with E-state index in [1.165, 1.54) is 6.08 Å². The summed E-state index contributed by atoms with van der Waals surface area (Å²) in [5, 5.41) is 14.1. The van der Waals surface area contributed by atoms with E-state index in [-0.39, 0.29) is 12.5 Å². The molecule has 0 bridgehead atoms. The highest BCUT2D eigenvalue weighted by Gasteiger charge is 2.01. The first kappa shape index (κ1) is 14.7. The van der Waals surface area contributed by atoms with E-state index in [1.807, 2.05) is 0 Å². The maximum absolute atomic E-state index is 11.5. The lowest BCUT2D eigenvalue weighted by Crippen LogP contribution is -2.28. The molecule has 0 aromatic heterocycles. The van der Waals surface area contributed by atoms with Crippen molar-refractivity contribution in [2.24, 2.45) is 0 Å². The molecule has 1 amide bonds. The van der Waals surface area contributed by atoms with Crippen molar-refractivity contribution in [3.63, 3.8) is 0 Å². The van der Waals surface area contributed by atoms with Crippen LogP contribution in [-0.4, -0.2) is 30.1 Å². The van der Waals surface area contributed by atoms with Gasteiger partial charge in [-0.25, -0.2) is 4.79 Å². The number of amides is 1. The SMILES string of the molecule is C=CCNCC(=O)Nc1cccc(/C=C/C(=O)O)c1. The van der Waals surface area contributed by atoms with Crippen LogP contribution >= 0.6 is 0 Å². The summed E-state index contributed by atoms with van der Waals surface area (Å²) in [6.45, 7) is 4.30. The zero-order valence-corrected chi connectivity index (χ0v) is 10.4. The lowest BCUT2D eigenvalue weighted by Gasteiger charge is -2.06. The topological polar surface area (TPSA) is 78.4 Å². The second-order valence-corrected chi connectivity index (χ2v) is 3.76. The average molecular weight is 260 g/mol. The summed E-state index contributed by atoms with van der Waals surface area (Å²) in [4.78, 5) is 22.0. The Hall–Kier alpha value is -2.40. The predicted octanol–water partition coefficient (Wildman–Crippen LogP) is 1.50. The summed E-state index contributed by atoms with van der Waals surface area (Å²) >= 11 is 0. The molecule has 0 aliphatic heterocycles. The van der Waals surface area contributed by atoms with E-state index in [4.69, 9.17) is 5.11 Å². The van der Waals surface area contributed by atoms with Gasteiger partial charge in [-0.15, -0.1) is 6.58 Å². The summed E-state index contributed by atoms with van der Waals surface area (Å²) in [5.74, 6) is -1.18. The molecule has 3 N–H and O–H groups in total. The van der Waals surface area contributed by atoms with Gasteiger partial charge in [-0.05, 0) is 23.8 Å². The zero-order chi connectivity index (χ0) is 14.1. The number of hydrogen-bond donors (Lipinski definition) is 3. The van der Waals surface area contributed by atoms with E-state index in [0.29, 0.717) is 17.8 Å². The molecule has 100 valence electrons. The Morgan fingerprint density at radius 3 is 2.84 bits per heavy atom. The number of anilines is 1. The highest BCUT2D eigenvalue weighted by atomic mass is 16.4. The number of carbonyl (C=O) groups excluding carboxylic acids is 1. The van der Waals surface area contributed by atoms with Crippen LogP contribution in [0, 0.1) is 0 Å². The molecule has 5 heteroatoms. The van der Waals surface area contributed by atoms with Gasteiger partial charge in [-0.1, -0.05) is 18.2 Å². The molecule has 0 saturated heterocycles. The Labute approximate surface area is 111 Å². The predicted molar refractivity (Wildman–Crippen MR) is 74.8 cm³/mol. The lowest BCUT2D eigenvalue weighted by atomic mass is 10.2. The lowest BCUT2D eigenvalue weighted by molar-refractivity contribution is -0.131. The van der Waals surface area contributed by atoms with E-state index in [0.717, 1.165) is 6.08 Å². The Kier molecular flexibility index (Phi) is 6.05. The number of carboxylic acids is 1. The van der Waals surface area contributed by atoms with E-state index >= 15 is 0 Å². The molecule has 1 aromatic rings. The van der Waals surface area contributed by atoms with Gasteiger partial charge in [0, 0.05) is 18.3 Å². The van der Waals surface area contributed by atoms with Crippen LogP contribution in [-0.2, 0) is 9.59 Å². The number of nitrogens with one attached hydrogen (secondary N) is 2. The monoisotopic (exact) mass is 260 g/mol. The number of rotatable bonds is 7. The number of carbonyl (C=O) groups is 2. The van der Waals surface area contributed by atoms with Gasteiger partial charge >= 0.3 is 5.97 Å².